The Labute approximate surface area is 255 Å². The molecule has 1 aliphatic heterocycles. The molecule has 0 bridgehead atoms. The Hall–Kier alpha value is -5.11. The minimum Gasteiger partial charge on any atom is -0.481 e. The fraction of sp³-hybridized carbons (Fsp3) is 0.222. The van der Waals surface area contributed by atoms with Crippen LogP contribution in [0.25, 0.3) is 22.3 Å². The standard InChI is InChI=1S/C36H33FN4O3/c37-29-15-12-27(13-16-29)35-32(11-5-7-25-6-4-8-26(22-25)23-34(42)43)38-33-24-28(14-17-31(33)39-35)36(44)41-20-18-40(19-21-41)30-9-2-1-3-10-30/h1-4,6,8-10,12-17,22,24H,5,7,11,18-21,23H2,(H,42,43). The van der Waals surface area contributed by atoms with Gasteiger partial charge in [-0.1, -0.05) is 42.5 Å². The molecule has 1 saturated heterocycles. The van der Waals surface area contributed by atoms with Gasteiger partial charge >= 0.3 is 5.97 Å². The van der Waals surface area contributed by atoms with Gasteiger partial charge in [-0.25, -0.2) is 14.4 Å². The number of carbonyl (C=O) groups excluding carboxylic acids is 1. The molecule has 44 heavy (non-hydrogen) atoms. The smallest absolute Gasteiger partial charge is 0.307 e. The lowest BCUT2D eigenvalue weighted by Crippen LogP contribution is -2.48. The van der Waals surface area contributed by atoms with Gasteiger partial charge in [-0.2, -0.15) is 0 Å². The molecule has 4 aromatic carbocycles. The van der Waals surface area contributed by atoms with E-state index in [1.807, 2.05) is 59.5 Å². The Balaban J connectivity index is 1.22. The van der Waals surface area contributed by atoms with Crippen molar-refractivity contribution < 1.29 is 19.1 Å². The van der Waals surface area contributed by atoms with Crippen LogP contribution in [0, 0.1) is 5.82 Å². The number of piperazine rings is 1. The number of amides is 1. The number of rotatable bonds is 9. The van der Waals surface area contributed by atoms with Crippen LogP contribution in [-0.2, 0) is 24.1 Å². The van der Waals surface area contributed by atoms with E-state index in [1.54, 1.807) is 18.2 Å². The third-order valence-corrected chi connectivity index (χ3v) is 8.02. The van der Waals surface area contributed by atoms with Crippen molar-refractivity contribution >= 4 is 28.6 Å². The number of anilines is 1. The summed E-state index contributed by atoms with van der Waals surface area (Å²) in [5.74, 6) is -1.20. The maximum atomic E-state index is 13.7. The molecule has 0 unspecified atom stereocenters. The third kappa shape index (κ3) is 6.75. The maximum absolute atomic E-state index is 13.7. The fourth-order valence-electron chi connectivity index (χ4n) is 5.76. The van der Waals surface area contributed by atoms with Crippen molar-refractivity contribution in [2.45, 2.75) is 25.7 Å². The summed E-state index contributed by atoms with van der Waals surface area (Å²) >= 11 is 0. The summed E-state index contributed by atoms with van der Waals surface area (Å²) in [6.07, 6.45) is 2.10. The second kappa shape index (κ2) is 13.0. The number of benzene rings is 4. The quantitative estimate of drug-likeness (QED) is 0.221. The zero-order valence-corrected chi connectivity index (χ0v) is 24.3. The van der Waals surface area contributed by atoms with Crippen LogP contribution in [-0.4, -0.2) is 58.0 Å². The molecular formula is C36H33FN4O3. The largest absolute Gasteiger partial charge is 0.481 e. The molecule has 0 aliphatic carbocycles. The molecule has 8 heteroatoms. The molecule has 1 amide bonds. The molecule has 1 aliphatic rings. The molecule has 222 valence electrons. The number of fused-ring (bicyclic) bond motifs is 1. The number of hydrogen-bond acceptors (Lipinski definition) is 5. The topological polar surface area (TPSA) is 86.6 Å². The van der Waals surface area contributed by atoms with Gasteiger partial charge in [0.1, 0.15) is 5.82 Å². The number of aromatic nitrogens is 2. The van der Waals surface area contributed by atoms with Gasteiger partial charge in [-0.05, 0) is 85.0 Å². The van der Waals surface area contributed by atoms with Gasteiger partial charge in [-0.15, -0.1) is 0 Å². The molecule has 7 nitrogen and oxygen atoms in total. The number of aryl methyl sites for hydroxylation is 2. The van der Waals surface area contributed by atoms with Crippen LogP contribution in [0.5, 0.6) is 0 Å². The average molecular weight is 589 g/mol. The van der Waals surface area contributed by atoms with Crippen molar-refractivity contribution in [3.05, 3.63) is 125 Å². The first-order valence-corrected chi connectivity index (χ1v) is 14.9. The van der Waals surface area contributed by atoms with Crippen molar-refractivity contribution in [1.29, 1.82) is 0 Å². The second-order valence-corrected chi connectivity index (χ2v) is 11.1. The van der Waals surface area contributed by atoms with Crippen LogP contribution < -0.4 is 4.90 Å². The van der Waals surface area contributed by atoms with Crippen molar-refractivity contribution in [2.24, 2.45) is 0 Å². The molecule has 5 aromatic rings. The number of hydrogen-bond donors (Lipinski definition) is 1. The number of nitrogens with zero attached hydrogens (tertiary/aromatic N) is 4. The second-order valence-electron chi connectivity index (χ2n) is 11.1. The number of carboxylic acids is 1. The van der Waals surface area contributed by atoms with E-state index in [9.17, 15) is 14.0 Å². The number of halogens is 1. The molecule has 1 fully saturated rings. The summed E-state index contributed by atoms with van der Waals surface area (Å²) in [6.45, 7) is 2.82. The average Bonchev–Trinajstić information content (AvgIpc) is 3.05. The highest BCUT2D eigenvalue weighted by Crippen LogP contribution is 2.26. The molecule has 2 heterocycles. The van der Waals surface area contributed by atoms with E-state index in [0.29, 0.717) is 41.8 Å². The van der Waals surface area contributed by atoms with Gasteiger partial charge in [-0.3, -0.25) is 9.59 Å². The van der Waals surface area contributed by atoms with Gasteiger partial charge in [0.15, 0.2) is 0 Å². The van der Waals surface area contributed by atoms with Crippen molar-refractivity contribution in [2.75, 3.05) is 31.1 Å². The zero-order chi connectivity index (χ0) is 30.5. The van der Waals surface area contributed by atoms with Gasteiger partial charge in [0.25, 0.3) is 5.91 Å². The molecule has 0 spiro atoms. The SMILES string of the molecule is O=C(O)Cc1cccc(CCCc2nc3cc(C(=O)N4CCN(c5ccccc5)CC4)ccc3nc2-c2ccc(F)cc2)c1. The van der Waals surface area contributed by atoms with Gasteiger partial charge in [0.2, 0.25) is 0 Å². The molecule has 6 rings (SSSR count). The normalized spacial score (nSPS) is 13.3. The predicted octanol–water partition coefficient (Wildman–Crippen LogP) is 6.20. The van der Waals surface area contributed by atoms with Crippen LogP contribution in [0.4, 0.5) is 10.1 Å². The number of aliphatic carboxylic acids is 1. The molecule has 0 radical (unpaired) electrons. The summed E-state index contributed by atoms with van der Waals surface area (Å²) < 4.78 is 13.7. The highest BCUT2D eigenvalue weighted by Gasteiger charge is 2.23. The summed E-state index contributed by atoms with van der Waals surface area (Å²) in [6, 6.07) is 29.6. The maximum Gasteiger partial charge on any atom is 0.307 e. The van der Waals surface area contributed by atoms with Gasteiger partial charge < -0.3 is 14.9 Å². The first-order chi connectivity index (χ1) is 21.4. The summed E-state index contributed by atoms with van der Waals surface area (Å²) in [4.78, 5) is 38.7. The Bertz CT molecular complexity index is 1790. The minimum atomic E-state index is -0.857. The Morgan fingerprint density at radius 1 is 0.750 bits per heavy atom. The zero-order valence-electron chi connectivity index (χ0n) is 24.3. The lowest BCUT2D eigenvalue weighted by Gasteiger charge is -2.36. The predicted molar refractivity (Wildman–Crippen MR) is 169 cm³/mol. The van der Waals surface area contributed by atoms with Crippen LogP contribution in [0.3, 0.4) is 0 Å². The van der Waals surface area contributed by atoms with Crippen molar-refractivity contribution in [3.63, 3.8) is 0 Å². The fourth-order valence-corrected chi connectivity index (χ4v) is 5.76. The van der Waals surface area contributed by atoms with Crippen molar-refractivity contribution in [1.82, 2.24) is 14.9 Å². The van der Waals surface area contributed by atoms with E-state index in [1.165, 1.54) is 12.1 Å². The number of para-hydroxylation sites is 1. The van der Waals surface area contributed by atoms with E-state index in [-0.39, 0.29) is 18.1 Å². The summed E-state index contributed by atoms with van der Waals surface area (Å²) in [7, 11) is 0. The first-order valence-electron chi connectivity index (χ1n) is 14.9. The van der Waals surface area contributed by atoms with E-state index in [2.05, 4.69) is 17.0 Å². The monoisotopic (exact) mass is 588 g/mol. The first kappa shape index (κ1) is 29.0. The van der Waals surface area contributed by atoms with E-state index < -0.39 is 5.97 Å². The number of carboxylic acid groups (broad SMARTS) is 1. The highest BCUT2D eigenvalue weighted by atomic mass is 19.1. The minimum absolute atomic E-state index is 0.0114. The lowest BCUT2D eigenvalue weighted by molar-refractivity contribution is -0.136. The molecule has 0 atom stereocenters. The Morgan fingerprint density at radius 2 is 1.50 bits per heavy atom. The molecule has 0 saturated carbocycles. The van der Waals surface area contributed by atoms with E-state index >= 15 is 0 Å². The number of carbonyl (C=O) groups is 2. The van der Waals surface area contributed by atoms with E-state index in [0.717, 1.165) is 54.0 Å². The van der Waals surface area contributed by atoms with E-state index in [4.69, 9.17) is 15.1 Å². The van der Waals surface area contributed by atoms with Crippen LogP contribution in [0.1, 0.15) is 33.6 Å². The van der Waals surface area contributed by atoms with Crippen LogP contribution in [0.2, 0.25) is 0 Å². The van der Waals surface area contributed by atoms with Gasteiger partial charge in [0, 0.05) is 43.0 Å². The summed E-state index contributed by atoms with van der Waals surface area (Å²) in [5.41, 5.74) is 7.11. The molecular weight excluding hydrogens is 555 g/mol. The lowest BCUT2D eigenvalue weighted by atomic mass is 10.0. The Morgan fingerprint density at radius 3 is 2.25 bits per heavy atom. The van der Waals surface area contributed by atoms with Crippen LogP contribution in [0.15, 0.2) is 97.1 Å². The third-order valence-electron chi connectivity index (χ3n) is 8.02. The van der Waals surface area contributed by atoms with Gasteiger partial charge in [0.05, 0.1) is 28.8 Å². The summed E-state index contributed by atoms with van der Waals surface area (Å²) in [5, 5.41) is 9.14. The Kier molecular flexibility index (Phi) is 8.59. The molecule has 1 N–H and O–H groups in total. The molecule has 1 aromatic heterocycles. The highest BCUT2D eigenvalue weighted by molar-refractivity contribution is 5.97. The van der Waals surface area contributed by atoms with Crippen molar-refractivity contribution in [3.8, 4) is 11.3 Å². The van der Waals surface area contributed by atoms with Crippen LogP contribution >= 0.6 is 0 Å².